The van der Waals surface area contributed by atoms with E-state index in [0.29, 0.717) is 12.3 Å². The first-order valence-corrected chi connectivity index (χ1v) is 6.44. The fourth-order valence-corrected chi connectivity index (χ4v) is 2.28. The van der Waals surface area contributed by atoms with Crippen molar-refractivity contribution in [3.8, 4) is 0 Å². The van der Waals surface area contributed by atoms with Gasteiger partial charge in [0.15, 0.2) is 0 Å². The molecule has 0 saturated carbocycles. The first-order chi connectivity index (χ1) is 7.91. The summed E-state index contributed by atoms with van der Waals surface area (Å²) < 4.78 is 0. The molecular weight excluding hydrogens is 230 g/mol. The summed E-state index contributed by atoms with van der Waals surface area (Å²) in [5.41, 5.74) is -0.485. The lowest BCUT2D eigenvalue weighted by atomic mass is 9.84. The van der Waals surface area contributed by atoms with Crippen LogP contribution in [-0.4, -0.2) is 22.5 Å². The van der Waals surface area contributed by atoms with Crippen molar-refractivity contribution in [3.05, 3.63) is 0 Å². The lowest BCUT2D eigenvalue weighted by Crippen LogP contribution is -2.45. The second-order valence-electron chi connectivity index (χ2n) is 7.08. The Balaban J connectivity index is 4.22. The summed E-state index contributed by atoms with van der Waals surface area (Å²) in [4.78, 5) is 22.5. The molecule has 1 amide bonds. The van der Waals surface area contributed by atoms with E-state index >= 15 is 0 Å². The lowest BCUT2D eigenvalue weighted by molar-refractivity contribution is -0.138. The van der Waals surface area contributed by atoms with Crippen molar-refractivity contribution in [1.82, 2.24) is 5.32 Å². The minimum atomic E-state index is -0.900. The van der Waals surface area contributed by atoms with E-state index in [1.807, 2.05) is 0 Å². The van der Waals surface area contributed by atoms with Crippen molar-refractivity contribution in [3.63, 3.8) is 0 Å². The zero-order valence-corrected chi connectivity index (χ0v) is 12.5. The molecule has 4 heteroatoms. The number of aliphatic carboxylic acids is 1. The zero-order valence-electron chi connectivity index (χ0n) is 12.5. The minimum Gasteiger partial charge on any atom is -0.481 e. The predicted molar refractivity (Wildman–Crippen MR) is 72.3 cm³/mol. The van der Waals surface area contributed by atoms with Crippen LogP contribution in [0, 0.1) is 11.3 Å². The summed E-state index contributed by atoms with van der Waals surface area (Å²) in [6.45, 7) is 12.0. The lowest BCUT2D eigenvalue weighted by Gasteiger charge is -2.27. The molecule has 0 aliphatic rings. The summed E-state index contributed by atoms with van der Waals surface area (Å²) in [5, 5.41) is 11.5. The molecule has 106 valence electrons. The van der Waals surface area contributed by atoms with E-state index in [4.69, 9.17) is 5.11 Å². The van der Waals surface area contributed by atoms with Gasteiger partial charge in [-0.2, -0.15) is 0 Å². The molecule has 2 N–H and O–H groups in total. The third kappa shape index (κ3) is 9.02. The van der Waals surface area contributed by atoms with Crippen molar-refractivity contribution >= 4 is 11.9 Å². The van der Waals surface area contributed by atoms with Crippen LogP contribution in [-0.2, 0) is 9.59 Å². The quantitative estimate of drug-likeness (QED) is 0.769. The average molecular weight is 257 g/mol. The van der Waals surface area contributed by atoms with Gasteiger partial charge in [0.05, 0.1) is 6.42 Å². The first kappa shape index (κ1) is 16.9. The van der Waals surface area contributed by atoms with Crippen LogP contribution < -0.4 is 5.32 Å². The van der Waals surface area contributed by atoms with Crippen LogP contribution in [0.2, 0.25) is 0 Å². The number of carboxylic acid groups (broad SMARTS) is 1. The highest BCUT2D eigenvalue weighted by Crippen LogP contribution is 2.26. The molecule has 1 atom stereocenters. The molecule has 0 rings (SSSR count). The van der Waals surface area contributed by atoms with Crippen molar-refractivity contribution in [2.24, 2.45) is 11.3 Å². The Morgan fingerprint density at radius 3 is 2.06 bits per heavy atom. The van der Waals surface area contributed by atoms with Crippen LogP contribution in [0.4, 0.5) is 0 Å². The van der Waals surface area contributed by atoms with Crippen molar-refractivity contribution in [1.29, 1.82) is 0 Å². The van der Waals surface area contributed by atoms with Crippen LogP contribution in [0.1, 0.15) is 60.8 Å². The number of carbonyl (C=O) groups is 2. The Kier molecular flexibility index (Phi) is 5.84. The van der Waals surface area contributed by atoms with E-state index in [1.165, 1.54) is 0 Å². The van der Waals surface area contributed by atoms with Crippen molar-refractivity contribution in [2.75, 3.05) is 0 Å². The topological polar surface area (TPSA) is 66.4 Å². The zero-order chi connectivity index (χ0) is 14.6. The minimum absolute atomic E-state index is 0.0631. The summed E-state index contributed by atoms with van der Waals surface area (Å²) in [7, 11) is 0. The maximum absolute atomic E-state index is 11.8. The average Bonchev–Trinajstić information content (AvgIpc) is 1.92. The van der Waals surface area contributed by atoms with E-state index in [2.05, 4.69) is 33.0 Å². The number of hydrogen-bond donors (Lipinski definition) is 2. The number of amides is 1. The van der Waals surface area contributed by atoms with Crippen LogP contribution in [0.25, 0.3) is 0 Å². The fraction of sp³-hybridized carbons (Fsp3) is 0.857. The summed E-state index contributed by atoms with van der Waals surface area (Å²) in [6.07, 6.45) is 1.35. The van der Waals surface area contributed by atoms with Gasteiger partial charge in [-0.05, 0) is 31.6 Å². The number of hydrogen-bond acceptors (Lipinski definition) is 2. The highest BCUT2D eigenvalue weighted by atomic mass is 16.4. The Hall–Kier alpha value is -1.06. The van der Waals surface area contributed by atoms with Gasteiger partial charge in [0.2, 0.25) is 5.91 Å². The molecule has 0 spiro atoms. The molecule has 0 aliphatic heterocycles. The van der Waals surface area contributed by atoms with Crippen LogP contribution in [0.15, 0.2) is 0 Å². The maximum atomic E-state index is 11.8. The second kappa shape index (κ2) is 6.21. The first-order valence-electron chi connectivity index (χ1n) is 6.44. The molecule has 0 radical (unpaired) electrons. The monoisotopic (exact) mass is 257 g/mol. The van der Waals surface area contributed by atoms with Crippen molar-refractivity contribution in [2.45, 2.75) is 66.3 Å². The Morgan fingerprint density at radius 1 is 1.17 bits per heavy atom. The van der Waals surface area contributed by atoms with E-state index in [1.54, 1.807) is 13.8 Å². The van der Waals surface area contributed by atoms with Gasteiger partial charge in [0, 0.05) is 12.0 Å². The standard InChI is InChI=1S/C14H27NO3/c1-10(8-13(2,3)4)7-11(16)15-14(5,6)9-12(17)18/h10H,7-9H2,1-6H3,(H,15,16)(H,17,18). The highest BCUT2D eigenvalue weighted by molar-refractivity contribution is 5.78. The molecular formula is C14H27NO3. The molecule has 4 nitrogen and oxygen atoms in total. The van der Waals surface area contributed by atoms with Crippen LogP contribution in [0.3, 0.4) is 0 Å². The summed E-state index contributed by atoms with van der Waals surface area (Å²) in [6, 6.07) is 0. The van der Waals surface area contributed by atoms with Gasteiger partial charge in [0.1, 0.15) is 0 Å². The maximum Gasteiger partial charge on any atom is 0.305 e. The molecule has 0 aliphatic carbocycles. The van der Waals surface area contributed by atoms with Gasteiger partial charge in [-0.1, -0.05) is 27.7 Å². The summed E-state index contributed by atoms with van der Waals surface area (Å²) in [5.74, 6) is -0.674. The number of nitrogens with one attached hydrogen (secondary N) is 1. The van der Waals surface area contributed by atoms with Gasteiger partial charge in [-0.25, -0.2) is 0 Å². The molecule has 1 unspecified atom stereocenters. The molecule has 0 aromatic rings. The van der Waals surface area contributed by atoms with Gasteiger partial charge in [-0.3, -0.25) is 9.59 Å². The summed E-state index contributed by atoms with van der Waals surface area (Å²) >= 11 is 0. The van der Waals surface area contributed by atoms with Gasteiger partial charge < -0.3 is 10.4 Å². The molecule has 18 heavy (non-hydrogen) atoms. The van der Waals surface area contributed by atoms with Crippen LogP contribution in [0.5, 0.6) is 0 Å². The van der Waals surface area contributed by atoms with Gasteiger partial charge >= 0.3 is 5.97 Å². The normalized spacial score (nSPS) is 14.1. The fourth-order valence-electron chi connectivity index (χ4n) is 2.28. The molecule has 0 saturated heterocycles. The van der Waals surface area contributed by atoms with E-state index in [9.17, 15) is 9.59 Å². The third-order valence-corrected chi connectivity index (χ3v) is 2.57. The Morgan fingerprint density at radius 2 is 1.67 bits per heavy atom. The SMILES string of the molecule is CC(CC(=O)NC(C)(C)CC(=O)O)CC(C)(C)C. The Bertz CT molecular complexity index is 303. The molecule has 0 bridgehead atoms. The molecule has 0 heterocycles. The number of rotatable bonds is 6. The van der Waals surface area contributed by atoms with Crippen molar-refractivity contribution < 1.29 is 14.7 Å². The highest BCUT2D eigenvalue weighted by Gasteiger charge is 2.25. The number of carbonyl (C=O) groups excluding carboxylic acids is 1. The van der Waals surface area contributed by atoms with Gasteiger partial charge in [0.25, 0.3) is 0 Å². The number of carboxylic acids is 1. The second-order valence-corrected chi connectivity index (χ2v) is 7.08. The Labute approximate surface area is 110 Å². The predicted octanol–water partition coefficient (Wildman–Crippen LogP) is 2.82. The van der Waals surface area contributed by atoms with E-state index in [0.717, 1.165) is 6.42 Å². The third-order valence-electron chi connectivity index (χ3n) is 2.57. The van der Waals surface area contributed by atoms with E-state index < -0.39 is 11.5 Å². The smallest absolute Gasteiger partial charge is 0.305 e. The largest absolute Gasteiger partial charge is 0.481 e. The molecule has 0 fully saturated rings. The van der Waals surface area contributed by atoms with Crippen LogP contribution >= 0.6 is 0 Å². The molecule has 0 aromatic heterocycles. The van der Waals surface area contributed by atoms with E-state index in [-0.39, 0.29) is 17.7 Å². The van der Waals surface area contributed by atoms with Gasteiger partial charge in [-0.15, -0.1) is 0 Å². The molecule has 0 aromatic carbocycles.